The molecular formula is C18H39NO. The second kappa shape index (κ2) is 15.3. The highest BCUT2D eigenvalue weighted by Gasteiger charge is 2.12. The summed E-state index contributed by atoms with van der Waals surface area (Å²) in [6.45, 7) is 9.95. The zero-order valence-electron chi connectivity index (χ0n) is 14.5. The second-order valence-corrected chi connectivity index (χ2v) is 6.46. The topological polar surface area (TPSA) is 21.3 Å². The zero-order valence-corrected chi connectivity index (χ0v) is 14.5. The smallest absolute Gasteiger partial charge is 0.0587 e. The average molecular weight is 286 g/mol. The number of unbranched alkanes of at least 4 members (excludes halogenated alkanes) is 7. The molecule has 0 aromatic carbocycles. The maximum atomic E-state index is 5.07. The molecule has 2 heteroatoms. The first-order valence-electron chi connectivity index (χ1n) is 8.92. The Hall–Kier alpha value is -0.0800. The lowest BCUT2D eigenvalue weighted by Crippen LogP contribution is -2.28. The van der Waals surface area contributed by atoms with Gasteiger partial charge in [0.15, 0.2) is 0 Å². The van der Waals surface area contributed by atoms with Crippen LogP contribution in [0.3, 0.4) is 0 Å². The van der Waals surface area contributed by atoms with Crippen molar-refractivity contribution in [1.29, 1.82) is 0 Å². The number of hydrogen-bond donors (Lipinski definition) is 1. The Balaban J connectivity index is 3.46. The number of nitrogens with one attached hydrogen (secondary N) is 1. The van der Waals surface area contributed by atoms with Gasteiger partial charge in [-0.15, -0.1) is 0 Å². The summed E-state index contributed by atoms with van der Waals surface area (Å²) < 4.78 is 5.07. The summed E-state index contributed by atoms with van der Waals surface area (Å²) in [5.74, 6) is 1.61. The van der Waals surface area contributed by atoms with Crippen LogP contribution in [0, 0.1) is 11.8 Å². The van der Waals surface area contributed by atoms with Gasteiger partial charge >= 0.3 is 0 Å². The summed E-state index contributed by atoms with van der Waals surface area (Å²) in [7, 11) is 1.77. The molecule has 2 nitrogen and oxygen atoms in total. The molecule has 0 amide bonds. The summed E-state index contributed by atoms with van der Waals surface area (Å²) in [6.07, 6.45) is 12.7. The minimum Gasteiger partial charge on any atom is -0.383 e. The number of methoxy groups -OCH3 is 1. The Morgan fingerprint density at radius 3 is 2.05 bits per heavy atom. The lowest BCUT2D eigenvalue weighted by atomic mass is 9.90. The maximum absolute atomic E-state index is 5.07. The van der Waals surface area contributed by atoms with Gasteiger partial charge in [0.05, 0.1) is 6.61 Å². The van der Waals surface area contributed by atoms with Gasteiger partial charge < -0.3 is 10.1 Å². The van der Waals surface area contributed by atoms with Crippen molar-refractivity contribution in [1.82, 2.24) is 5.32 Å². The fourth-order valence-electron chi connectivity index (χ4n) is 2.67. The van der Waals surface area contributed by atoms with Crippen LogP contribution in [0.2, 0.25) is 0 Å². The van der Waals surface area contributed by atoms with Gasteiger partial charge in [0.1, 0.15) is 0 Å². The highest BCUT2D eigenvalue weighted by molar-refractivity contribution is 4.66. The molecule has 0 radical (unpaired) electrons. The van der Waals surface area contributed by atoms with E-state index in [9.17, 15) is 0 Å². The maximum Gasteiger partial charge on any atom is 0.0587 e. The number of rotatable bonds is 15. The summed E-state index contributed by atoms with van der Waals surface area (Å²) in [6, 6.07) is 0. The van der Waals surface area contributed by atoms with E-state index in [0.29, 0.717) is 0 Å². The van der Waals surface area contributed by atoms with Crippen molar-refractivity contribution in [3.05, 3.63) is 0 Å². The van der Waals surface area contributed by atoms with Crippen LogP contribution in [-0.4, -0.2) is 26.8 Å². The molecule has 20 heavy (non-hydrogen) atoms. The van der Waals surface area contributed by atoms with Crippen molar-refractivity contribution in [3.8, 4) is 0 Å². The van der Waals surface area contributed by atoms with Crippen LogP contribution in [0.1, 0.15) is 78.6 Å². The molecule has 1 unspecified atom stereocenters. The van der Waals surface area contributed by atoms with Gasteiger partial charge in [0, 0.05) is 13.7 Å². The first-order valence-corrected chi connectivity index (χ1v) is 8.92. The molecular weight excluding hydrogens is 246 g/mol. The van der Waals surface area contributed by atoms with E-state index in [-0.39, 0.29) is 0 Å². The molecule has 0 fully saturated rings. The lowest BCUT2D eigenvalue weighted by Gasteiger charge is -2.21. The van der Waals surface area contributed by atoms with Crippen LogP contribution >= 0.6 is 0 Å². The Morgan fingerprint density at radius 1 is 0.900 bits per heavy atom. The van der Waals surface area contributed by atoms with Gasteiger partial charge in [0.2, 0.25) is 0 Å². The van der Waals surface area contributed by atoms with Gasteiger partial charge in [-0.1, -0.05) is 72.1 Å². The van der Waals surface area contributed by atoms with E-state index in [1.165, 1.54) is 57.8 Å². The van der Waals surface area contributed by atoms with Crippen molar-refractivity contribution in [2.75, 3.05) is 26.8 Å². The predicted molar refractivity (Wildman–Crippen MR) is 90.3 cm³/mol. The van der Waals surface area contributed by atoms with Gasteiger partial charge in [-0.3, -0.25) is 0 Å². The fourth-order valence-corrected chi connectivity index (χ4v) is 2.67. The van der Waals surface area contributed by atoms with Gasteiger partial charge in [-0.25, -0.2) is 0 Å². The third-order valence-corrected chi connectivity index (χ3v) is 4.26. The van der Waals surface area contributed by atoms with Crippen LogP contribution in [0.4, 0.5) is 0 Å². The first-order chi connectivity index (χ1) is 9.72. The van der Waals surface area contributed by atoms with Crippen molar-refractivity contribution in [2.45, 2.75) is 78.6 Å². The minimum absolute atomic E-state index is 0.787. The van der Waals surface area contributed by atoms with Gasteiger partial charge in [-0.05, 0) is 24.8 Å². The largest absolute Gasteiger partial charge is 0.383 e. The molecule has 0 aliphatic carbocycles. The summed E-state index contributed by atoms with van der Waals surface area (Å²) >= 11 is 0. The highest BCUT2D eigenvalue weighted by Crippen LogP contribution is 2.19. The van der Waals surface area contributed by atoms with Crippen LogP contribution in [-0.2, 0) is 4.74 Å². The molecule has 0 aromatic rings. The molecule has 0 spiro atoms. The van der Waals surface area contributed by atoms with Gasteiger partial charge in [0.25, 0.3) is 0 Å². The SMILES string of the molecule is CCCCCCCCCCC(CNCCOC)C(C)C. The predicted octanol–water partition coefficient (Wildman–Crippen LogP) is 5.03. The van der Waals surface area contributed by atoms with Gasteiger partial charge in [-0.2, -0.15) is 0 Å². The molecule has 0 bridgehead atoms. The summed E-state index contributed by atoms with van der Waals surface area (Å²) in [5, 5.41) is 3.52. The average Bonchev–Trinajstić information content (AvgIpc) is 2.43. The van der Waals surface area contributed by atoms with E-state index in [2.05, 4.69) is 26.1 Å². The quantitative estimate of drug-likeness (QED) is 0.426. The Kier molecular flexibility index (Phi) is 15.3. The molecule has 0 saturated carbocycles. The molecule has 0 aliphatic rings. The van der Waals surface area contributed by atoms with Crippen LogP contribution in [0.25, 0.3) is 0 Å². The Morgan fingerprint density at radius 2 is 1.50 bits per heavy atom. The molecule has 122 valence electrons. The van der Waals surface area contributed by atoms with Crippen molar-refractivity contribution >= 4 is 0 Å². The Labute approximate surface area is 128 Å². The third-order valence-electron chi connectivity index (χ3n) is 4.26. The molecule has 1 N–H and O–H groups in total. The Bertz CT molecular complexity index is 182. The molecule has 0 rings (SSSR count). The molecule has 0 aromatic heterocycles. The molecule has 0 aliphatic heterocycles. The van der Waals surface area contributed by atoms with E-state index in [4.69, 9.17) is 4.74 Å². The first kappa shape index (κ1) is 19.9. The van der Waals surface area contributed by atoms with Crippen LogP contribution in [0.15, 0.2) is 0 Å². The van der Waals surface area contributed by atoms with E-state index in [1.807, 2.05) is 0 Å². The minimum atomic E-state index is 0.787. The van der Waals surface area contributed by atoms with Crippen LogP contribution < -0.4 is 5.32 Å². The normalized spacial score (nSPS) is 13.1. The third kappa shape index (κ3) is 12.9. The van der Waals surface area contributed by atoms with Crippen LogP contribution in [0.5, 0.6) is 0 Å². The molecule has 0 saturated heterocycles. The lowest BCUT2D eigenvalue weighted by molar-refractivity contribution is 0.195. The number of ether oxygens (including phenoxy) is 1. The summed E-state index contributed by atoms with van der Waals surface area (Å²) in [4.78, 5) is 0. The van der Waals surface area contributed by atoms with Crippen molar-refractivity contribution in [2.24, 2.45) is 11.8 Å². The second-order valence-electron chi connectivity index (χ2n) is 6.46. The van der Waals surface area contributed by atoms with E-state index in [0.717, 1.165) is 31.5 Å². The molecule has 1 atom stereocenters. The zero-order chi connectivity index (χ0) is 15.1. The highest BCUT2D eigenvalue weighted by atomic mass is 16.5. The van der Waals surface area contributed by atoms with E-state index in [1.54, 1.807) is 7.11 Å². The molecule has 0 heterocycles. The summed E-state index contributed by atoms with van der Waals surface area (Å²) in [5.41, 5.74) is 0. The van der Waals surface area contributed by atoms with E-state index < -0.39 is 0 Å². The monoisotopic (exact) mass is 285 g/mol. The fraction of sp³-hybridized carbons (Fsp3) is 1.00. The number of hydrogen-bond acceptors (Lipinski definition) is 2. The standard InChI is InChI=1S/C18H39NO/c1-5-6-7-8-9-10-11-12-13-18(17(2)3)16-19-14-15-20-4/h17-19H,5-16H2,1-4H3. The van der Waals surface area contributed by atoms with Crippen molar-refractivity contribution < 1.29 is 4.74 Å². The van der Waals surface area contributed by atoms with Crippen molar-refractivity contribution in [3.63, 3.8) is 0 Å². The van der Waals surface area contributed by atoms with E-state index >= 15 is 0 Å².